The maximum Gasteiger partial charge on any atom is 0.331 e. The van der Waals surface area contributed by atoms with Crippen LogP contribution in [-0.2, 0) is 24.2 Å². The van der Waals surface area contributed by atoms with Gasteiger partial charge >= 0.3 is 5.97 Å². The van der Waals surface area contributed by atoms with E-state index in [0.717, 1.165) is 36.1 Å². The van der Waals surface area contributed by atoms with E-state index in [1.54, 1.807) is 42.7 Å². The van der Waals surface area contributed by atoms with Gasteiger partial charge in [0.2, 0.25) is 0 Å². The number of thiophene rings is 1. The lowest BCUT2D eigenvalue weighted by Gasteiger charge is -2.10. The van der Waals surface area contributed by atoms with Crippen molar-refractivity contribution in [3.8, 4) is 11.5 Å². The number of hydrogen-bond donors (Lipinski definition) is 0. The van der Waals surface area contributed by atoms with Crippen LogP contribution >= 0.6 is 11.3 Å². The van der Waals surface area contributed by atoms with E-state index in [2.05, 4.69) is 4.98 Å². The monoisotopic (exact) mass is 370 g/mol. The van der Waals surface area contributed by atoms with E-state index in [-0.39, 0.29) is 12.1 Å². The third-order valence-corrected chi connectivity index (χ3v) is 5.73. The molecule has 2 aromatic heterocycles. The summed E-state index contributed by atoms with van der Waals surface area (Å²) in [5.41, 5.74) is 0.952. The summed E-state index contributed by atoms with van der Waals surface area (Å²) in [5, 5.41) is 0.671. The summed E-state index contributed by atoms with van der Waals surface area (Å²) >= 11 is 1.60. The van der Waals surface area contributed by atoms with Gasteiger partial charge in [0.05, 0.1) is 18.8 Å². The Morgan fingerprint density at radius 1 is 1.19 bits per heavy atom. The van der Waals surface area contributed by atoms with Crippen molar-refractivity contribution in [2.75, 3.05) is 7.11 Å². The van der Waals surface area contributed by atoms with Crippen LogP contribution in [0.5, 0.6) is 11.5 Å². The molecule has 134 valence electrons. The Kier molecular flexibility index (Phi) is 4.46. The van der Waals surface area contributed by atoms with Crippen LogP contribution in [0.1, 0.15) is 23.3 Å². The van der Waals surface area contributed by atoms with Gasteiger partial charge in [-0.05, 0) is 55.5 Å². The maximum absolute atomic E-state index is 12.8. The van der Waals surface area contributed by atoms with E-state index >= 15 is 0 Å². The number of carbonyl (C=O) groups is 1. The lowest BCUT2D eigenvalue weighted by atomic mass is 9.97. The minimum absolute atomic E-state index is 0.166. The van der Waals surface area contributed by atoms with Gasteiger partial charge in [-0.2, -0.15) is 0 Å². The van der Waals surface area contributed by atoms with Crippen molar-refractivity contribution in [2.45, 2.75) is 32.2 Å². The van der Waals surface area contributed by atoms with Crippen LogP contribution in [0, 0.1) is 0 Å². The molecule has 0 N–H and O–H groups in total. The summed E-state index contributed by atoms with van der Waals surface area (Å²) in [6.45, 7) is -0.168. The number of rotatable bonds is 4. The zero-order chi connectivity index (χ0) is 18.1. The molecule has 6 nitrogen and oxygen atoms in total. The molecule has 0 fully saturated rings. The highest BCUT2D eigenvalue weighted by Crippen LogP contribution is 2.33. The van der Waals surface area contributed by atoms with Crippen molar-refractivity contribution in [1.82, 2.24) is 9.55 Å². The minimum atomic E-state index is -0.512. The number of aryl methyl sites for hydroxylation is 2. The van der Waals surface area contributed by atoms with Crippen LogP contribution in [0.15, 0.2) is 35.4 Å². The second-order valence-corrected chi connectivity index (χ2v) is 7.30. The summed E-state index contributed by atoms with van der Waals surface area (Å²) in [4.78, 5) is 31.5. The molecule has 0 saturated heterocycles. The molecule has 1 aliphatic rings. The Hall–Kier alpha value is -2.67. The molecule has 1 aliphatic carbocycles. The highest BCUT2D eigenvalue weighted by Gasteiger charge is 2.20. The molecule has 0 saturated carbocycles. The number of methoxy groups -OCH3 is 1. The first-order valence-electron chi connectivity index (χ1n) is 8.50. The van der Waals surface area contributed by atoms with Crippen molar-refractivity contribution in [3.05, 3.63) is 51.4 Å². The van der Waals surface area contributed by atoms with Crippen LogP contribution < -0.4 is 15.0 Å². The average Bonchev–Trinajstić information content (AvgIpc) is 3.04. The summed E-state index contributed by atoms with van der Waals surface area (Å²) in [6.07, 6.45) is 5.60. The lowest BCUT2D eigenvalue weighted by molar-refractivity contribution is -0.135. The van der Waals surface area contributed by atoms with E-state index in [1.165, 1.54) is 15.8 Å². The van der Waals surface area contributed by atoms with Gasteiger partial charge in [-0.15, -0.1) is 11.3 Å². The predicted octanol–water partition coefficient (Wildman–Crippen LogP) is 2.95. The molecular formula is C19H18N2O4S. The third kappa shape index (κ3) is 3.10. The molecule has 0 aliphatic heterocycles. The van der Waals surface area contributed by atoms with Crippen LogP contribution in [-0.4, -0.2) is 22.6 Å². The molecule has 0 spiro atoms. The fourth-order valence-corrected chi connectivity index (χ4v) is 4.46. The molecule has 0 radical (unpaired) electrons. The highest BCUT2D eigenvalue weighted by atomic mass is 32.1. The van der Waals surface area contributed by atoms with Crippen molar-refractivity contribution < 1.29 is 14.3 Å². The molecule has 1 aromatic carbocycles. The highest BCUT2D eigenvalue weighted by molar-refractivity contribution is 7.18. The van der Waals surface area contributed by atoms with E-state index in [4.69, 9.17) is 9.47 Å². The first-order valence-corrected chi connectivity index (χ1v) is 9.32. The Morgan fingerprint density at radius 2 is 1.92 bits per heavy atom. The SMILES string of the molecule is COc1ccc(OC(=O)Cn2cnc3sc4c(c3c2=O)CCCC4)cc1. The van der Waals surface area contributed by atoms with Gasteiger partial charge in [0.25, 0.3) is 5.56 Å². The molecule has 3 aromatic rings. The summed E-state index contributed by atoms with van der Waals surface area (Å²) in [7, 11) is 1.57. The van der Waals surface area contributed by atoms with Gasteiger partial charge in [-0.1, -0.05) is 0 Å². The zero-order valence-corrected chi connectivity index (χ0v) is 15.2. The Morgan fingerprint density at radius 3 is 2.69 bits per heavy atom. The second-order valence-electron chi connectivity index (χ2n) is 6.22. The topological polar surface area (TPSA) is 70.4 Å². The van der Waals surface area contributed by atoms with Gasteiger partial charge in [0.15, 0.2) is 0 Å². The number of carbonyl (C=O) groups excluding carboxylic acids is 1. The zero-order valence-electron chi connectivity index (χ0n) is 14.4. The van der Waals surface area contributed by atoms with Crippen LogP contribution in [0.4, 0.5) is 0 Å². The molecule has 0 amide bonds. The third-order valence-electron chi connectivity index (χ3n) is 4.53. The lowest BCUT2D eigenvalue weighted by Crippen LogP contribution is -2.27. The summed E-state index contributed by atoms with van der Waals surface area (Å²) in [6, 6.07) is 6.71. The van der Waals surface area contributed by atoms with E-state index in [9.17, 15) is 9.59 Å². The number of ether oxygens (including phenoxy) is 2. The number of hydrogen-bond acceptors (Lipinski definition) is 6. The standard InChI is InChI=1S/C19H18N2O4S/c1-24-12-6-8-13(9-7-12)25-16(22)10-21-11-20-18-17(19(21)23)14-4-2-3-5-15(14)26-18/h6-9,11H,2-5,10H2,1H3. The van der Waals surface area contributed by atoms with Crippen LogP contribution in [0.25, 0.3) is 10.2 Å². The number of fused-ring (bicyclic) bond motifs is 3. The van der Waals surface area contributed by atoms with Gasteiger partial charge in [-0.25, -0.2) is 9.78 Å². The fraction of sp³-hybridized carbons (Fsp3) is 0.316. The van der Waals surface area contributed by atoms with Crippen LogP contribution in [0.2, 0.25) is 0 Å². The normalized spacial score (nSPS) is 13.4. The van der Waals surface area contributed by atoms with Gasteiger partial charge in [0.1, 0.15) is 22.9 Å². The van der Waals surface area contributed by atoms with Gasteiger partial charge in [-0.3, -0.25) is 9.36 Å². The Bertz CT molecular complexity index is 1020. The number of nitrogens with zero attached hydrogens (tertiary/aromatic N) is 2. The predicted molar refractivity (Wildman–Crippen MR) is 99.2 cm³/mol. The molecule has 0 unspecified atom stereocenters. The van der Waals surface area contributed by atoms with Gasteiger partial charge in [0, 0.05) is 4.88 Å². The van der Waals surface area contributed by atoms with Crippen LogP contribution in [0.3, 0.4) is 0 Å². The first kappa shape index (κ1) is 16.8. The minimum Gasteiger partial charge on any atom is -0.497 e. The summed E-state index contributed by atoms with van der Waals surface area (Å²) < 4.78 is 11.7. The number of aromatic nitrogens is 2. The van der Waals surface area contributed by atoms with Crippen molar-refractivity contribution >= 4 is 27.5 Å². The van der Waals surface area contributed by atoms with E-state index in [0.29, 0.717) is 16.9 Å². The second kappa shape index (κ2) is 6.92. The number of benzene rings is 1. The van der Waals surface area contributed by atoms with E-state index < -0.39 is 5.97 Å². The van der Waals surface area contributed by atoms with E-state index in [1.807, 2.05) is 0 Å². The first-order chi connectivity index (χ1) is 12.7. The summed E-state index contributed by atoms with van der Waals surface area (Å²) in [5.74, 6) is 0.575. The Balaban J connectivity index is 1.57. The molecule has 26 heavy (non-hydrogen) atoms. The average molecular weight is 370 g/mol. The molecule has 0 atom stereocenters. The molecule has 2 heterocycles. The molecular weight excluding hydrogens is 352 g/mol. The van der Waals surface area contributed by atoms with Gasteiger partial charge < -0.3 is 9.47 Å². The van der Waals surface area contributed by atoms with Crippen molar-refractivity contribution in [1.29, 1.82) is 0 Å². The molecule has 4 rings (SSSR count). The smallest absolute Gasteiger partial charge is 0.331 e. The quantitative estimate of drug-likeness (QED) is 0.522. The number of esters is 1. The Labute approximate surface area is 154 Å². The largest absolute Gasteiger partial charge is 0.497 e. The van der Waals surface area contributed by atoms with Crippen molar-refractivity contribution in [3.63, 3.8) is 0 Å². The molecule has 0 bridgehead atoms. The molecule has 7 heteroatoms. The van der Waals surface area contributed by atoms with Crippen molar-refractivity contribution in [2.24, 2.45) is 0 Å². The maximum atomic E-state index is 12.8. The fourth-order valence-electron chi connectivity index (χ4n) is 3.24.